The molecule has 1 aliphatic rings. The number of aromatic nitrogens is 2. The zero-order valence-corrected chi connectivity index (χ0v) is 12.2. The van der Waals surface area contributed by atoms with Gasteiger partial charge in [-0.2, -0.15) is 0 Å². The molecule has 96 valence electrons. The molecular weight excluding hydrogens is 250 g/mol. The highest BCUT2D eigenvalue weighted by molar-refractivity contribution is 8.01. The van der Waals surface area contributed by atoms with E-state index in [9.17, 15) is 0 Å². The lowest BCUT2D eigenvalue weighted by atomic mass is 10.00. The van der Waals surface area contributed by atoms with Crippen molar-refractivity contribution in [1.29, 1.82) is 0 Å². The van der Waals surface area contributed by atoms with Gasteiger partial charge in [-0.15, -0.1) is 10.2 Å². The molecule has 1 aliphatic carbocycles. The highest BCUT2D eigenvalue weighted by Crippen LogP contribution is 2.31. The van der Waals surface area contributed by atoms with Crippen LogP contribution in [0.15, 0.2) is 4.34 Å². The van der Waals surface area contributed by atoms with Crippen LogP contribution in [0.1, 0.15) is 37.6 Å². The van der Waals surface area contributed by atoms with Crippen LogP contribution in [0.25, 0.3) is 0 Å². The number of hydrogen-bond donors (Lipinski definition) is 1. The van der Waals surface area contributed by atoms with Gasteiger partial charge in [-0.1, -0.05) is 42.9 Å². The van der Waals surface area contributed by atoms with Crippen molar-refractivity contribution in [3.8, 4) is 0 Å². The van der Waals surface area contributed by atoms with Crippen molar-refractivity contribution in [2.24, 2.45) is 5.92 Å². The van der Waals surface area contributed by atoms with E-state index in [1.807, 2.05) is 18.7 Å². The Morgan fingerprint density at radius 3 is 2.76 bits per heavy atom. The second-order valence-corrected chi connectivity index (χ2v) is 7.06. The molecule has 17 heavy (non-hydrogen) atoms. The fraction of sp³-hybridized carbons (Fsp3) is 0.833. The maximum absolute atomic E-state index is 4.18. The first-order valence-electron chi connectivity index (χ1n) is 6.46. The minimum absolute atomic E-state index is 0.650. The third-order valence-electron chi connectivity index (χ3n) is 3.33. The fourth-order valence-corrected chi connectivity index (χ4v) is 4.51. The van der Waals surface area contributed by atoms with E-state index in [0.29, 0.717) is 6.04 Å². The van der Waals surface area contributed by atoms with Crippen molar-refractivity contribution in [3.05, 3.63) is 5.01 Å². The van der Waals surface area contributed by atoms with Crippen molar-refractivity contribution < 1.29 is 0 Å². The lowest BCUT2D eigenvalue weighted by Crippen LogP contribution is -2.37. The van der Waals surface area contributed by atoms with E-state index in [-0.39, 0.29) is 0 Å². The van der Waals surface area contributed by atoms with Crippen LogP contribution in [0.2, 0.25) is 0 Å². The van der Waals surface area contributed by atoms with Crippen LogP contribution in [-0.2, 0) is 0 Å². The summed E-state index contributed by atoms with van der Waals surface area (Å²) in [6, 6.07) is 0.650. The van der Waals surface area contributed by atoms with Gasteiger partial charge in [0.15, 0.2) is 4.34 Å². The highest BCUT2D eigenvalue weighted by atomic mass is 32.2. The Morgan fingerprint density at radius 1 is 1.41 bits per heavy atom. The molecule has 3 nitrogen and oxygen atoms in total. The summed E-state index contributed by atoms with van der Waals surface area (Å²) in [4.78, 5) is 0. The number of rotatable bonds is 6. The fourth-order valence-electron chi connectivity index (χ4n) is 2.48. The number of hydrogen-bond acceptors (Lipinski definition) is 5. The molecule has 0 bridgehead atoms. The molecule has 1 unspecified atom stereocenters. The topological polar surface area (TPSA) is 37.8 Å². The maximum Gasteiger partial charge on any atom is 0.174 e. The third kappa shape index (κ3) is 3.93. The minimum atomic E-state index is 0.650. The molecule has 1 N–H and O–H groups in total. The van der Waals surface area contributed by atoms with Gasteiger partial charge >= 0.3 is 0 Å². The van der Waals surface area contributed by atoms with Crippen LogP contribution < -0.4 is 5.32 Å². The Bertz CT molecular complexity index is 334. The van der Waals surface area contributed by atoms with Crippen molar-refractivity contribution in [2.75, 3.05) is 12.3 Å². The van der Waals surface area contributed by atoms with E-state index in [2.05, 4.69) is 22.4 Å². The van der Waals surface area contributed by atoms with E-state index in [1.54, 1.807) is 11.3 Å². The molecule has 5 heteroatoms. The SMILES string of the molecule is CCNC(CSc1nnc(C)s1)C1CCCC1. The molecule has 1 saturated carbocycles. The Hall–Kier alpha value is -0.130. The Morgan fingerprint density at radius 2 is 2.18 bits per heavy atom. The molecule has 1 fully saturated rings. The molecule has 0 aliphatic heterocycles. The quantitative estimate of drug-likeness (QED) is 0.807. The van der Waals surface area contributed by atoms with Crippen LogP contribution in [0.3, 0.4) is 0 Å². The smallest absolute Gasteiger partial charge is 0.174 e. The number of thioether (sulfide) groups is 1. The second-order valence-electron chi connectivity index (χ2n) is 4.61. The molecule has 1 aromatic heterocycles. The predicted molar refractivity (Wildman–Crippen MR) is 74.8 cm³/mol. The van der Waals surface area contributed by atoms with Gasteiger partial charge in [0.05, 0.1) is 0 Å². The van der Waals surface area contributed by atoms with Crippen molar-refractivity contribution in [1.82, 2.24) is 15.5 Å². The van der Waals surface area contributed by atoms with Crippen LogP contribution in [0.4, 0.5) is 0 Å². The Labute approximate surface area is 112 Å². The standard InChI is InChI=1S/C12H21N3S2/c1-3-13-11(10-6-4-5-7-10)8-16-12-15-14-9(2)17-12/h10-11,13H,3-8H2,1-2H3. The van der Waals surface area contributed by atoms with Gasteiger partial charge < -0.3 is 5.32 Å². The van der Waals surface area contributed by atoms with E-state index in [1.165, 1.54) is 25.7 Å². The molecule has 1 atom stereocenters. The van der Waals surface area contributed by atoms with Gasteiger partial charge in [-0.25, -0.2) is 0 Å². The molecule has 0 amide bonds. The first kappa shape index (κ1) is 13.3. The van der Waals surface area contributed by atoms with Crippen LogP contribution in [0, 0.1) is 12.8 Å². The molecular formula is C12H21N3S2. The number of nitrogens with one attached hydrogen (secondary N) is 1. The van der Waals surface area contributed by atoms with E-state index < -0.39 is 0 Å². The average Bonchev–Trinajstić information content (AvgIpc) is 2.95. The molecule has 0 radical (unpaired) electrons. The molecule has 0 spiro atoms. The summed E-state index contributed by atoms with van der Waals surface area (Å²) in [7, 11) is 0. The first-order chi connectivity index (χ1) is 8.29. The van der Waals surface area contributed by atoms with Gasteiger partial charge in [0.25, 0.3) is 0 Å². The van der Waals surface area contributed by atoms with Gasteiger partial charge in [0, 0.05) is 11.8 Å². The van der Waals surface area contributed by atoms with Gasteiger partial charge in [0.1, 0.15) is 5.01 Å². The van der Waals surface area contributed by atoms with Crippen molar-refractivity contribution >= 4 is 23.1 Å². The molecule has 0 aromatic carbocycles. The third-order valence-corrected chi connectivity index (χ3v) is 5.42. The lowest BCUT2D eigenvalue weighted by molar-refractivity contribution is 0.394. The zero-order valence-electron chi connectivity index (χ0n) is 10.6. The summed E-state index contributed by atoms with van der Waals surface area (Å²) < 4.78 is 1.11. The Kier molecular flexibility index (Phi) is 5.25. The lowest BCUT2D eigenvalue weighted by Gasteiger charge is -2.23. The minimum Gasteiger partial charge on any atom is -0.313 e. The van der Waals surface area contributed by atoms with Crippen LogP contribution in [0.5, 0.6) is 0 Å². The summed E-state index contributed by atoms with van der Waals surface area (Å²) in [5.41, 5.74) is 0. The van der Waals surface area contributed by atoms with Crippen molar-refractivity contribution in [3.63, 3.8) is 0 Å². The zero-order chi connectivity index (χ0) is 12.1. The molecule has 2 rings (SSSR count). The maximum atomic E-state index is 4.18. The number of nitrogens with zero attached hydrogens (tertiary/aromatic N) is 2. The van der Waals surface area contributed by atoms with E-state index >= 15 is 0 Å². The molecule has 0 saturated heterocycles. The Balaban J connectivity index is 1.84. The highest BCUT2D eigenvalue weighted by Gasteiger charge is 2.24. The molecule has 1 heterocycles. The largest absolute Gasteiger partial charge is 0.313 e. The second kappa shape index (κ2) is 6.71. The van der Waals surface area contributed by atoms with Gasteiger partial charge in [-0.3, -0.25) is 0 Å². The summed E-state index contributed by atoms with van der Waals surface area (Å²) in [5.74, 6) is 2.00. The summed E-state index contributed by atoms with van der Waals surface area (Å²) >= 11 is 3.56. The summed E-state index contributed by atoms with van der Waals surface area (Å²) in [6.07, 6.45) is 5.62. The van der Waals surface area contributed by atoms with Crippen molar-refractivity contribution in [2.45, 2.75) is 49.9 Å². The monoisotopic (exact) mass is 271 g/mol. The summed E-state index contributed by atoms with van der Waals surface area (Å²) in [6.45, 7) is 5.28. The normalized spacial score (nSPS) is 18.7. The number of aryl methyl sites for hydroxylation is 1. The average molecular weight is 271 g/mol. The molecule has 1 aromatic rings. The van der Waals surface area contributed by atoms with E-state index in [4.69, 9.17) is 0 Å². The first-order valence-corrected chi connectivity index (χ1v) is 8.26. The van der Waals surface area contributed by atoms with Crippen LogP contribution in [-0.4, -0.2) is 28.5 Å². The summed E-state index contributed by atoms with van der Waals surface area (Å²) in [5, 5.41) is 12.9. The van der Waals surface area contributed by atoms with E-state index in [0.717, 1.165) is 27.6 Å². The van der Waals surface area contributed by atoms with Gasteiger partial charge in [0.2, 0.25) is 0 Å². The van der Waals surface area contributed by atoms with Gasteiger partial charge in [-0.05, 0) is 32.2 Å². The predicted octanol–water partition coefficient (Wildman–Crippen LogP) is 3.11. The van der Waals surface area contributed by atoms with Crippen LogP contribution >= 0.6 is 23.1 Å².